The van der Waals surface area contributed by atoms with E-state index in [1.54, 1.807) is 0 Å². The summed E-state index contributed by atoms with van der Waals surface area (Å²) in [7, 11) is 2.19. The zero-order valence-corrected chi connectivity index (χ0v) is 13.2. The quantitative estimate of drug-likeness (QED) is 0.566. The molecule has 0 fully saturated rings. The zero-order chi connectivity index (χ0) is 13.0. The second kappa shape index (κ2) is 4.10. The van der Waals surface area contributed by atoms with E-state index in [-0.39, 0.29) is 0 Å². The summed E-state index contributed by atoms with van der Waals surface area (Å²) in [6, 6.07) is 4.73. The van der Waals surface area contributed by atoms with Gasteiger partial charge in [-0.05, 0) is 24.0 Å². The molecule has 0 atom stereocenters. The number of hydrogen-bond donors (Lipinski definition) is 0. The lowest BCUT2D eigenvalue weighted by Crippen LogP contribution is -1.86. The van der Waals surface area contributed by atoms with Crippen LogP contribution in [0.5, 0.6) is 0 Å². The van der Waals surface area contributed by atoms with E-state index in [1.165, 1.54) is 30.2 Å². The third kappa shape index (κ3) is 1.64. The van der Waals surface area contributed by atoms with E-state index in [0.29, 0.717) is 11.8 Å². The molecule has 0 radical (unpaired) electrons. The van der Waals surface area contributed by atoms with E-state index in [4.69, 9.17) is 0 Å². The maximum atomic E-state index is 2.37. The van der Waals surface area contributed by atoms with Gasteiger partial charge in [0.1, 0.15) is 0 Å². The molecule has 1 nitrogen and oxygen atoms in total. The van der Waals surface area contributed by atoms with E-state index in [0.717, 1.165) is 0 Å². The smallest absolute Gasteiger partial charge is 0.0703 e. The fraction of sp³-hybridized carbons (Fsp3) is 0.467. The summed E-state index contributed by atoms with van der Waals surface area (Å²) in [6.45, 7) is 9.09. The Bertz CT molecular complexity index is 650. The molecule has 3 aromatic heterocycles. The van der Waals surface area contributed by atoms with Crippen molar-refractivity contribution in [2.45, 2.75) is 39.5 Å². The molecule has 3 heterocycles. The maximum absolute atomic E-state index is 2.37. The average molecular weight is 277 g/mol. The molecule has 96 valence electrons. The van der Waals surface area contributed by atoms with Gasteiger partial charge in [-0.3, -0.25) is 0 Å². The molecule has 3 rings (SSSR count). The summed E-state index contributed by atoms with van der Waals surface area (Å²) in [5.74, 6) is 1.25. The van der Waals surface area contributed by atoms with Gasteiger partial charge in [-0.1, -0.05) is 27.7 Å². The van der Waals surface area contributed by atoms with Gasteiger partial charge in [0, 0.05) is 16.8 Å². The van der Waals surface area contributed by atoms with Crippen molar-refractivity contribution in [1.29, 1.82) is 0 Å². The molecule has 0 bridgehead atoms. The first-order chi connectivity index (χ1) is 8.49. The number of aryl methyl sites for hydroxylation is 1. The molecule has 0 unspecified atom stereocenters. The van der Waals surface area contributed by atoms with Gasteiger partial charge in [0.05, 0.1) is 20.4 Å². The first-order valence-electron chi connectivity index (χ1n) is 6.50. The Labute approximate surface area is 116 Å². The first kappa shape index (κ1) is 12.2. The molecule has 0 saturated carbocycles. The predicted octanol–water partition coefficient (Wildman–Crippen LogP) is 5.70. The first-order valence-corrected chi connectivity index (χ1v) is 8.14. The van der Waals surface area contributed by atoms with Crippen molar-refractivity contribution in [2.75, 3.05) is 0 Å². The van der Waals surface area contributed by atoms with Crippen LogP contribution in [0, 0.1) is 0 Å². The molecule has 0 N–H and O–H groups in total. The van der Waals surface area contributed by atoms with E-state index >= 15 is 0 Å². The molecule has 0 aliphatic rings. The van der Waals surface area contributed by atoms with Crippen LogP contribution in [0.25, 0.3) is 20.4 Å². The van der Waals surface area contributed by atoms with Crippen molar-refractivity contribution in [3.8, 4) is 0 Å². The monoisotopic (exact) mass is 277 g/mol. The van der Waals surface area contributed by atoms with Gasteiger partial charge in [-0.25, -0.2) is 0 Å². The largest absolute Gasteiger partial charge is 0.342 e. The molecule has 3 heteroatoms. The number of hydrogen-bond acceptors (Lipinski definition) is 2. The van der Waals surface area contributed by atoms with E-state index in [9.17, 15) is 0 Å². The molecule has 0 aliphatic carbocycles. The Morgan fingerprint density at radius 3 is 1.56 bits per heavy atom. The number of thiophene rings is 2. The minimum Gasteiger partial charge on any atom is -0.342 e. The number of nitrogens with zero attached hydrogens (tertiary/aromatic N) is 1. The minimum absolute atomic E-state index is 0.627. The van der Waals surface area contributed by atoms with Gasteiger partial charge in [0.15, 0.2) is 0 Å². The highest BCUT2D eigenvalue weighted by atomic mass is 32.1. The van der Waals surface area contributed by atoms with Crippen molar-refractivity contribution < 1.29 is 0 Å². The summed E-state index contributed by atoms with van der Waals surface area (Å²) in [6.07, 6.45) is 0. The number of aromatic nitrogens is 1. The van der Waals surface area contributed by atoms with Crippen LogP contribution in [0.3, 0.4) is 0 Å². The lowest BCUT2D eigenvalue weighted by atomic mass is 10.2. The number of rotatable bonds is 2. The summed E-state index contributed by atoms with van der Waals surface area (Å²) in [4.78, 5) is 2.99. The maximum Gasteiger partial charge on any atom is 0.0703 e. The van der Waals surface area contributed by atoms with E-state index in [1.807, 2.05) is 22.7 Å². The average Bonchev–Trinajstić information content (AvgIpc) is 2.95. The van der Waals surface area contributed by atoms with Crippen LogP contribution in [-0.4, -0.2) is 4.57 Å². The van der Waals surface area contributed by atoms with Crippen LogP contribution < -0.4 is 0 Å². The summed E-state index contributed by atoms with van der Waals surface area (Å²) in [5.41, 5.74) is 2.81. The molecule has 0 spiro atoms. The summed E-state index contributed by atoms with van der Waals surface area (Å²) in [5, 5.41) is 0. The molecule has 0 amide bonds. The Morgan fingerprint density at radius 2 is 1.22 bits per heavy atom. The van der Waals surface area contributed by atoms with E-state index in [2.05, 4.69) is 51.4 Å². The fourth-order valence-corrected chi connectivity index (χ4v) is 4.85. The molecule has 0 saturated heterocycles. The van der Waals surface area contributed by atoms with Crippen molar-refractivity contribution in [2.24, 2.45) is 7.05 Å². The SMILES string of the molecule is CC(C)c1cc2c(s1)c1sc(C(C)C)cc1n2C. The van der Waals surface area contributed by atoms with Gasteiger partial charge >= 0.3 is 0 Å². The Morgan fingerprint density at radius 1 is 0.833 bits per heavy atom. The summed E-state index contributed by atoms with van der Waals surface area (Å²) < 4.78 is 5.32. The lowest BCUT2D eigenvalue weighted by Gasteiger charge is -1.99. The van der Waals surface area contributed by atoms with Gasteiger partial charge < -0.3 is 4.57 Å². The normalized spacial score (nSPS) is 12.6. The standard InChI is InChI=1S/C15H19NS2/c1-8(2)12-6-10-14(17-12)15-11(16(10)5)7-13(18-15)9(3)4/h6-9H,1-5H3. The molecule has 0 aliphatic heterocycles. The molecule has 18 heavy (non-hydrogen) atoms. The Balaban J connectivity index is 2.32. The summed E-state index contributed by atoms with van der Waals surface area (Å²) >= 11 is 3.94. The molecular formula is C15H19NS2. The number of fused-ring (bicyclic) bond motifs is 3. The Hall–Kier alpha value is -0.800. The van der Waals surface area contributed by atoms with Crippen LogP contribution in [0.15, 0.2) is 12.1 Å². The Kier molecular flexibility index (Phi) is 2.79. The van der Waals surface area contributed by atoms with Crippen molar-refractivity contribution in [1.82, 2.24) is 4.57 Å². The van der Waals surface area contributed by atoms with E-state index < -0.39 is 0 Å². The van der Waals surface area contributed by atoms with Crippen LogP contribution in [0.4, 0.5) is 0 Å². The van der Waals surface area contributed by atoms with Gasteiger partial charge in [-0.2, -0.15) is 0 Å². The van der Waals surface area contributed by atoms with Gasteiger partial charge in [-0.15, -0.1) is 22.7 Å². The van der Waals surface area contributed by atoms with Crippen LogP contribution in [0.1, 0.15) is 49.3 Å². The highest BCUT2D eigenvalue weighted by Gasteiger charge is 2.17. The van der Waals surface area contributed by atoms with Gasteiger partial charge in [0.25, 0.3) is 0 Å². The zero-order valence-electron chi connectivity index (χ0n) is 11.6. The third-order valence-corrected chi connectivity index (χ3v) is 6.54. The fourth-order valence-electron chi connectivity index (χ4n) is 2.32. The lowest BCUT2D eigenvalue weighted by molar-refractivity contribution is 0.887. The highest BCUT2D eigenvalue weighted by molar-refractivity contribution is 7.27. The van der Waals surface area contributed by atoms with Crippen LogP contribution in [-0.2, 0) is 7.05 Å². The minimum atomic E-state index is 0.627. The molecular weight excluding hydrogens is 258 g/mol. The second-order valence-electron chi connectivity index (χ2n) is 5.59. The van der Waals surface area contributed by atoms with Crippen molar-refractivity contribution in [3.05, 3.63) is 21.9 Å². The second-order valence-corrected chi connectivity index (χ2v) is 7.76. The molecule has 0 aromatic carbocycles. The topological polar surface area (TPSA) is 4.93 Å². The van der Waals surface area contributed by atoms with Crippen molar-refractivity contribution >= 4 is 43.1 Å². The van der Waals surface area contributed by atoms with Crippen LogP contribution in [0.2, 0.25) is 0 Å². The highest BCUT2D eigenvalue weighted by Crippen LogP contribution is 2.42. The molecule has 3 aromatic rings. The van der Waals surface area contributed by atoms with Crippen molar-refractivity contribution in [3.63, 3.8) is 0 Å². The van der Waals surface area contributed by atoms with Crippen LogP contribution >= 0.6 is 22.7 Å². The predicted molar refractivity (Wildman–Crippen MR) is 84.4 cm³/mol. The van der Waals surface area contributed by atoms with Gasteiger partial charge in [0.2, 0.25) is 0 Å². The third-order valence-electron chi connectivity index (χ3n) is 3.53.